The van der Waals surface area contributed by atoms with Gasteiger partial charge in [0.2, 0.25) is 0 Å². The van der Waals surface area contributed by atoms with E-state index < -0.39 is 6.10 Å². The van der Waals surface area contributed by atoms with Gasteiger partial charge in [-0.05, 0) is 122 Å². The van der Waals surface area contributed by atoms with E-state index in [1.165, 1.54) is 83.5 Å². The van der Waals surface area contributed by atoms with Crippen molar-refractivity contribution in [3.8, 4) is 0 Å². The number of carbonyl (C=O) groups excluding carboxylic acids is 3. The Bertz CT molecular complexity index is 1460. The Labute approximate surface area is 438 Å². The zero-order chi connectivity index (χ0) is 51.4. The van der Waals surface area contributed by atoms with E-state index in [1.54, 1.807) is 0 Å². The highest BCUT2D eigenvalue weighted by Crippen LogP contribution is 2.15. The van der Waals surface area contributed by atoms with Crippen LogP contribution < -0.4 is 0 Å². The molecule has 0 heterocycles. The van der Waals surface area contributed by atoms with Gasteiger partial charge in [0, 0.05) is 19.3 Å². The molecular formula is C65H108O6. The zero-order valence-electron chi connectivity index (χ0n) is 46.2. The summed E-state index contributed by atoms with van der Waals surface area (Å²) in [5.41, 5.74) is 0. The Morgan fingerprint density at radius 2 is 0.549 bits per heavy atom. The lowest BCUT2D eigenvalue weighted by Crippen LogP contribution is -2.30. The minimum Gasteiger partial charge on any atom is -0.462 e. The first-order valence-electron chi connectivity index (χ1n) is 29.4. The van der Waals surface area contributed by atoms with Crippen molar-refractivity contribution in [3.63, 3.8) is 0 Å². The molecule has 0 aromatic rings. The molecular weight excluding hydrogens is 877 g/mol. The molecule has 6 heteroatoms. The molecule has 0 N–H and O–H groups in total. The van der Waals surface area contributed by atoms with Crippen LogP contribution in [0.15, 0.2) is 109 Å². The van der Waals surface area contributed by atoms with Crippen molar-refractivity contribution in [2.45, 2.75) is 271 Å². The molecule has 0 amide bonds. The molecule has 0 rings (SSSR count). The van der Waals surface area contributed by atoms with E-state index in [0.29, 0.717) is 19.3 Å². The third-order valence-electron chi connectivity index (χ3n) is 12.2. The summed E-state index contributed by atoms with van der Waals surface area (Å²) in [4.78, 5) is 38.2. The number of unbranched alkanes of at least 4 members (excludes halogenated alkanes) is 23. The largest absolute Gasteiger partial charge is 0.462 e. The van der Waals surface area contributed by atoms with Gasteiger partial charge in [0.05, 0.1) is 0 Å². The number of rotatable bonds is 52. The van der Waals surface area contributed by atoms with Gasteiger partial charge in [-0.3, -0.25) is 14.4 Å². The highest BCUT2D eigenvalue weighted by atomic mass is 16.6. The molecule has 71 heavy (non-hydrogen) atoms. The summed E-state index contributed by atoms with van der Waals surface area (Å²) in [6.07, 6.45) is 79.3. The van der Waals surface area contributed by atoms with E-state index in [0.717, 1.165) is 141 Å². The van der Waals surface area contributed by atoms with Crippen molar-refractivity contribution in [2.24, 2.45) is 0 Å². The molecule has 0 bridgehead atoms. The second kappa shape index (κ2) is 58.6. The average Bonchev–Trinajstić information content (AvgIpc) is 3.37. The summed E-state index contributed by atoms with van der Waals surface area (Å²) < 4.78 is 16.9. The first-order chi connectivity index (χ1) is 35.0. The van der Waals surface area contributed by atoms with E-state index in [2.05, 4.69) is 130 Å². The molecule has 0 aliphatic heterocycles. The summed E-state index contributed by atoms with van der Waals surface area (Å²) in [6, 6.07) is 0. The Kier molecular flexibility index (Phi) is 55.4. The van der Waals surface area contributed by atoms with Crippen molar-refractivity contribution >= 4 is 17.9 Å². The van der Waals surface area contributed by atoms with Crippen molar-refractivity contribution < 1.29 is 28.6 Å². The Morgan fingerprint density at radius 1 is 0.296 bits per heavy atom. The SMILES string of the molecule is CC/C=C\C/C=C\C/C=C\C/C=C\CCCCCCCCCCC(=O)OCC(COC(=O)CCCCCCC/C=C\C/C=C\C/C=C\CC)OC(=O)CCCCCCCCC/C=C\C/C=C\CCCCC. The van der Waals surface area contributed by atoms with Crippen LogP contribution in [0.2, 0.25) is 0 Å². The lowest BCUT2D eigenvalue weighted by Gasteiger charge is -2.18. The second-order valence-electron chi connectivity index (χ2n) is 19.1. The van der Waals surface area contributed by atoms with E-state index in [4.69, 9.17) is 14.2 Å². The van der Waals surface area contributed by atoms with Gasteiger partial charge in [0.1, 0.15) is 13.2 Å². The number of hydrogen-bond donors (Lipinski definition) is 0. The van der Waals surface area contributed by atoms with Crippen molar-refractivity contribution in [2.75, 3.05) is 13.2 Å². The smallest absolute Gasteiger partial charge is 0.306 e. The molecule has 0 aromatic heterocycles. The molecule has 0 saturated carbocycles. The maximum Gasteiger partial charge on any atom is 0.306 e. The van der Waals surface area contributed by atoms with Gasteiger partial charge in [-0.1, -0.05) is 233 Å². The van der Waals surface area contributed by atoms with Crippen LogP contribution >= 0.6 is 0 Å². The van der Waals surface area contributed by atoms with Gasteiger partial charge in [-0.15, -0.1) is 0 Å². The summed E-state index contributed by atoms with van der Waals surface area (Å²) in [7, 11) is 0. The standard InChI is InChI=1S/C65H108O6/c1-4-7-10-13-16-19-22-25-28-30-31-32-33-35-37-40-43-46-49-52-55-58-64(67)70-61-62(60-69-63(66)57-54-51-48-45-42-39-36-27-24-21-18-15-12-9-6-3)71-65(68)59-56-53-50-47-44-41-38-34-29-26-23-20-17-14-11-8-5-2/h7,9-10,12,16-21,25-29,31-32,36,62H,4-6,8,11,13-15,22-24,30,33-35,37-61H2,1-3H3/b10-7-,12-9-,19-16-,20-17-,21-18-,28-25-,29-26-,32-31-,36-27-. The van der Waals surface area contributed by atoms with Crippen molar-refractivity contribution in [1.82, 2.24) is 0 Å². The number of allylic oxidation sites excluding steroid dienone is 18. The van der Waals surface area contributed by atoms with Crippen LogP contribution in [0.1, 0.15) is 265 Å². The highest BCUT2D eigenvalue weighted by molar-refractivity contribution is 5.71. The van der Waals surface area contributed by atoms with E-state index >= 15 is 0 Å². The van der Waals surface area contributed by atoms with Crippen molar-refractivity contribution in [3.05, 3.63) is 109 Å². The van der Waals surface area contributed by atoms with Crippen LogP contribution in [0.3, 0.4) is 0 Å². The number of esters is 3. The highest BCUT2D eigenvalue weighted by Gasteiger charge is 2.19. The molecule has 6 nitrogen and oxygen atoms in total. The average molecular weight is 986 g/mol. The fourth-order valence-corrected chi connectivity index (χ4v) is 7.89. The predicted octanol–water partition coefficient (Wildman–Crippen LogP) is 19.9. The van der Waals surface area contributed by atoms with Gasteiger partial charge in [-0.2, -0.15) is 0 Å². The van der Waals surface area contributed by atoms with Crippen LogP contribution in [0.5, 0.6) is 0 Å². The number of carbonyl (C=O) groups is 3. The van der Waals surface area contributed by atoms with Crippen LogP contribution in [-0.4, -0.2) is 37.2 Å². The third-order valence-corrected chi connectivity index (χ3v) is 12.2. The quantitative estimate of drug-likeness (QED) is 0.0261. The number of ether oxygens (including phenoxy) is 3. The van der Waals surface area contributed by atoms with Crippen LogP contribution in [-0.2, 0) is 28.6 Å². The summed E-state index contributed by atoms with van der Waals surface area (Å²) >= 11 is 0. The fourth-order valence-electron chi connectivity index (χ4n) is 7.89. The Morgan fingerprint density at radius 3 is 0.859 bits per heavy atom. The van der Waals surface area contributed by atoms with E-state index in [1.807, 2.05) is 0 Å². The first kappa shape index (κ1) is 67.1. The number of hydrogen-bond acceptors (Lipinski definition) is 6. The third kappa shape index (κ3) is 56.9. The molecule has 0 aromatic carbocycles. The minimum atomic E-state index is -0.796. The van der Waals surface area contributed by atoms with Crippen LogP contribution in [0, 0.1) is 0 Å². The monoisotopic (exact) mass is 985 g/mol. The second-order valence-corrected chi connectivity index (χ2v) is 19.1. The maximum absolute atomic E-state index is 12.9. The molecule has 1 atom stereocenters. The van der Waals surface area contributed by atoms with Gasteiger partial charge in [0.15, 0.2) is 6.10 Å². The molecule has 0 aliphatic rings. The van der Waals surface area contributed by atoms with E-state index in [9.17, 15) is 14.4 Å². The lowest BCUT2D eigenvalue weighted by atomic mass is 10.1. The molecule has 0 spiro atoms. The summed E-state index contributed by atoms with van der Waals surface area (Å²) in [5.74, 6) is -0.923. The van der Waals surface area contributed by atoms with Gasteiger partial charge in [0.25, 0.3) is 0 Å². The van der Waals surface area contributed by atoms with Gasteiger partial charge in [-0.25, -0.2) is 0 Å². The minimum absolute atomic E-state index is 0.0925. The Hall–Kier alpha value is -3.93. The molecule has 0 radical (unpaired) electrons. The molecule has 0 fully saturated rings. The van der Waals surface area contributed by atoms with Crippen LogP contribution in [0.4, 0.5) is 0 Å². The van der Waals surface area contributed by atoms with Gasteiger partial charge >= 0.3 is 17.9 Å². The first-order valence-corrected chi connectivity index (χ1v) is 29.4. The normalized spacial score (nSPS) is 12.9. The van der Waals surface area contributed by atoms with Crippen molar-refractivity contribution in [1.29, 1.82) is 0 Å². The topological polar surface area (TPSA) is 78.9 Å². The molecule has 404 valence electrons. The summed E-state index contributed by atoms with van der Waals surface area (Å²) in [5, 5.41) is 0. The molecule has 0 aliphatic carbocycles. The fraction of sp³-hybridized carbons (Fsp3) is 0.677. The summed E-state index contributed by atoms with van der Waals surface area (Å²) in [6.45, 7) is 6.37. The van der Waals surface area contributed by atoms with Gasteiger partial charge < -0.3 is 14.2 Å². The Balaban J connectivity index is 4.43. The van der Waals surface area contributed by atoms with Crippen LogP contribution in [0.25, 0.3) is 0 Å². The zero-order valence-corrected chi connectivity index (χ0v) is 46.2. The van der Waals surface area contributed by atoms with E-state index in [-0.39, 0.29) is 31.1 Å². The molecule has 1 unspecified atom stereocenters. The maximum atomic E-state index is 12.9. The molecule has 0 saturated heterocycles. The lowest BCUT2D eigenvalue weighted by molar-refractivity contribution is -0.167. The predicted molar refractivity (Wildman–Crippen MR) is 307 cm³/mol.